The minimum Gasteiger partial charge on any atom is -0.301 e. The van der Waals surface area contributed by atoms with Crippen LogP contribution < -0.4 is 0 Å². The summed E-state index contributed by atoms with van der Waals surface area (Å²) >= 11 is 5.77. The predicted molar refractivity (Wildman–Crippen MR) is 83.2 cm³/mol. The zero-order chi connectivity index (χ0) is 15.6. The van der Waals surface area contributed by atoms with Gasteiger partial charge in [0.25, 0.3) is 0 Å². The van der Waals surface area contributed by atoms with E-state index >= 15 is 0 Å². The topological polar surface area (TPSA) is 58.4 Å². The third-order valence-corrected chi connectivity index (χ3v) is 6.31. The van der Waals surface area contributed by atoms with Gasteiger partial charge in [0.15, 0.2) is 0 Å². The number of halogens is 1. The third-order valence-electron chi connectivity index (χ3n) is 3.99. The molecule has 1 aromatic heterocycles. The maximum Gasteiger partial charge on any atom is 0.246 e. The highest BCUT2D eigenvalue weighted by Crippen LogP contribution is 2.23. The molecule has 0 amide bonds. The fourth-order valence-electron chi connectivity index (χ4n) is 2.79. The molecular weight excluding hydrogens is 312 g/mol. The summed E-state index contributed by atoms with van der Waals surface area (Å²) in [6.07, 6.45) is 0.828. The first-order chi connectivity index (χ1) is 9.87. The van der Waals surface area contributed by atoms with Crippen LogP contribution in [0.2, 0.25) is 0 Å². The van der Waals surface area contributed by atoms with Crippen molar-refractivity contribution < 1.29 is 8.42 Å². The highest BCUT2D eigenvalue weighted by molar-refractivity contribution is 7.89. The van der Waals surface area contributed by atoms with E-state index in [9.17, 15) is 8.42 Å². The molecule has 2 rings (SSSR count). The first kappa shape index (κ1) is 16.7. The van der Waals surface area contributed by atoms with Gasteiger partial charge in [0.05, 0.1) is 11.4 Å². The monoisotopic (exact) mass is 334 g/mol. The predicted octanol–water partition coefficient (Wildman–Crippen LogP) is 0.972. The molecule has 0 atom stereocenters. The molecule has 0 N–H and O–H groups in total. The lowest BCUT2D eigenvalue weighted by atomic mass is 10.4. The molecule has 0 aliphatic carbocycles. The maximum absolute atomic E-state index is 12.9. The summed E-state index contributed by atoms with van der Waals surface area (Å²) < 4.78 is 29.0. The molecule has 0 spiro atoms. The number of aromatic nitrogens is 2. The largest absolute Gasteiger partial charge is 0.301 e. The van der Waals surface area contributed by atoms with Gasteiger partial charge in [-0.05, 0) is 26.8 Å². The van der Waals surface area contributed by atoms with Gasteiger partial charge in [0.1, 0.15) is 4.90 Å². The Morgan fingerprint density at radius 1 is 1.19 bits per heavy atom. The summed E-state index contributed by atoms with van der Waals surface area (Å²) in [5.74, 6) is 0.577. The first-order valence-corrected chi connectivity index (χ1v) is 9.14. The van der Waals surface area contributed by atoms with Crippen LogP contribution in [0.4, 0.5) is 0 Å². The Labute approximate surface area is 131 Å². The summed E-state index contributed by atoms with van der Waals surface area (Å²) in [6.45, 7) is 7.03. The number of aryl methyl sites for hydroxylation is 2. The lowest BCUT2D eigenvalue weighted by molar-refractivity contribution is 0.303. The molecule has 1 saturated heterocycles. The Hall–Kier alpha value is -0.630. The third kappa shape index (κ3) is 3.41. The van der Waals surface area contributed by atoms with Gasteiger partial charge < -0.3 is 4.90 Å². The van der Waals surface area contributed by atoms with Crippen LogP contribution in [0.15, 0.2) is 4.90 Å². The van der Waals surface area contributed by atoms with Crippen molar-refractivity contribution in [3.05, 3.63) is 11.4 Å². The number of nitrogens with zero attached hydrogens (tertiary/aromatic N) is 4. The quantitative estimate of drug-likeness (QED) is 0.770. The van der Waals surface area contributed by atoms with Crippen LogP contribution >= 0.6 is 11.6 Å². The van der Waals surface area contributed by atoms with E-state index in [2.05, 4.69) is 10.00 Å². The normalized spacial score (nSPS) is 18.9. The van der Waals surface area contributed by atoms with Crippen molar-refractivity contribution in [1.82, 2.24) is 19.0 Å². The molecule has 1 aliphatic rings. The zero-order valence-corrected chi connectivity index (χ0v) is 14.4. The molecular formula is C13H23ClN4O2S. The first-order valence-electron chi connectivity index (χ1n) is 7.16. The Morgan fingerprint density at radius 2 is 1.90 bits per heavy atom. The van der Waals surface area contributed by atoms with Gasteiger partial charge in [0.2, 0.25) is 10.0 Å². The minimum atomic E-state index is -3.47. The van der Waals surface area contributed by atoms with Crippen molar-refractivity contribution in [1.29, 1.82) is 0 Å². The lowest BCUT2D eigenvalue weighted by Gasteiger charge is -2.21. The molecule has 0 saturated carbocycles. The molecule has 1 aliphatic heterocycles. The fraction of sp³-hybridized carbons (Fsp3) is 0.769. The second-order valence-electron chi connectivity index (χ2n) is 5.41. The van der Waals surface area contributed by atoms with Crippen LogP contribution in [0.5, 0.6) is 0 Å². The fourth-order valence-corrected chi connectivity index (χ4v) is 4.90. The Morgan fingerprint density at radius 3 is 2.48 bits per heavy atom. The molecule has 0 unspecified atom stereocenters. The average Bonchev–Trinajstić information content (AvgIpc) is 2.58. The maximum atomic E-state index is 12.9. The van der Waals surface area contributed by atoms with Crippen LogP contribution in [0, 0.1) is 13.8 Å². The second-order valence-corrected chi connectivity index (χ2v) is 7.66. The Kier molecular flexibility index (Phi) is 5.29. The number of hydrogen-bond donors (Lipinski definition) is 0. The molecule has 1 fully saturated rings. The van der Waals surface area contributed by atoms with Gasteiger partial charge in [-0.1, -0.05) is 0 Å². The van der Waals surface area contributed by atoms with E-state index in [1.54, 1.807) is 29.9 Å². The lowest BCUT2D eigenvalue weighted by Crippen LogP contribution is -2.36. The highest BCUT2D eigenvalue weighted by atomic mass is 35.5. The summed E-state index contributed by atoms with van der Waals surface area (Å²) in [6, 6.07) is 0. The molecule has 0 bridgehead atoms. The number of hydrogen-bond acceptors (Lipinski definition) is 4. The van der Waals surface area contributed by atoms with E-state index in [4.69, 9.17) is 11.6 Å². The number of sulfonamides is 1. The summed E-state index contributed by atoms with van der Waals surface area (Å²) in [4.78, 5) is 2.57. The van der Waals surface area contributed by atoms with Crippen molar-refractivity contribution in [2.45, 2.75) is 25.2 Å². The van der Waals surface area contributed by atoms with Crippen LogP contribution in [-0.2, 0) is 17.1 Å². The summed E-state index contributed by atoms with van der Waals surface area (Å²) in [5.41, 5.74) is 1.26. The minimum absolute atomic E-state index is 0.357. The Bertz CT molecular complexity index is 600. The molecule has 0 radical (unpaired) electrons. The molecule has 120 valence electrons. The molecule has 2 heterocycles. The summed E-state index contributed by atoms with van der Waals surface area (Å²) in [5, 5.41) is 4.22. The second kappa shape index (κ2) is 6.64. The zero-order valence-electron chi connectivity index (χ0n) is 12.8. The molecule has 8 heteroatoms. The van der Waals surface area contributed by atoms with Crippen LogP contribution in [0.25, 0.3) is 0 Å². The standard InChI is InChI=1S/C13H23ClN4O2S/c1-11-13(12(2)16(3)15-11)21(19,20)18-7-4-6-17(8-5-14)9-10-18/h4-10H2,1-3H3. The molecule has 0 aromatic carbocycles. The van der Waals surface area contributed by atoms with Crippen molar-refractivity contribution in [2.75, 3.05) is 38.6 Å². The molecule has 21 heavy (non-hydrogen) atoms. The smallest absolute Gasteiger partial charge is 0.246 e. The van der Waals surface area contributed by atoms with Gasteiger partial charge in [0, 0.05) is 39.1 Å². The Balaban J connectivity index is 2.24. The van der Waals surface area contributed by atoms with Crippen molar-refractivity contribution in [3.8, 4) is 0 Å². The van der Waals surface area contributed by atoms with Gasteiger partial charge in [-0.2, -0.15) is 9.40 Å². The summed E-state index contributed by atoms with van der Waals surface area (Å²) in [7, 11) is -1.70. The van der Waals surface area contributed by atoms with E-state index in [1.165, 1.54) is 0 Å². The van der Waals surface area contributed by atoms with Crippen LogP contribution in [0.3, 0.4) is 0 Å². The van der Waals surface area contributed by atoms with Crippen LogP contribution in [-0.4, -0.2) is 66.0 Å². The van der Waals surface area contributed by atoms with E-state index < -0.39 is 10.0 Å². The van der Waals surface area contributed by atoms with E-state index in [1.807, 2.05) is 0 Å². The van der Waals surface area contributed by atoms with Gasteiger partial charge in [-0.15, -0.1) is 11.6 Å². The number of rotatable bonds is 4. The van der Waals surface area contributed by atoms with Crippen LogP contribution in [0.1, 0.15) is 17.8 Å². The number of alkyl halides is 1. The van der Waals surface area contributed by atoms with E-state index in [-0.39, 0.29) is 0 Å². The van der Waals surface area contributed by atoms with Crippen molar-refractivity contribution in [2.24, 2.45) is 7.05 Å². The van der Waals surface area contributed by atoms with Crippen molar-refractivity contribution >= 4 is 21.6 Å². The SMILES string of the molecule is Cc1nn(C)c(C)c1S(=O)(=O)N1CCCN(CCCl)CC1. The van der Waals surface area contributed by atoms with E-state index in [0.29, 0.717) is 35.3 Å². The van der Waals surface area contributed by atoms with E-state index in [0.717, 1.165) is 26.1 Å². The van der Waals surface area contributed by atoms with Gasteiger partial charge >= 0.3 is 0 Å². The highest BCUT2D eigenvalue weighted by Gasteiger charge is 2.31. The van der Waals surface area contributed by atoms with Gasteiger partial charge in [-0.3, -0.25) is 4.68 Å². The van der Waals surface area contributed by atoms with Crippen molar-refractivity contribution in [3.63, 3.8) is 0 Å². The van der Waals surface area contributed by atoms with Gasteiger partial charge in [-0.25, -0.2) is 8.42 Å². The average molecular weight is 335 g/mol. The molecule has 6 nitrogen and oxygen atoms in total. The molecule has 1 aromatic rings.